The summed E-state index contributed by atoms with van der Waals surface area (Å²) in [6.07, 6.45) is 0.364. The Balaban J connectivity index is 1.89. The molecule has 0 atom stereocenters. The van der Waals surface area contributed by atoms with Crippen LogP contribution in [0.1, 0.15) is 15.4 Å². The molecule has 0 unspecified atom stereocenters. The summed E-state index contributed by atoms with van der Waals surface area (Å²) in [5.41, 5.74) is 0.972. The smallest absolute Gasteiger partial charge is 0.225 e. The lowest BCUT2D eigenvalue weighted by atomic mass is 10.3. The third-order valence-corrected chi connectivity index (χ3v) is 4.90. The normalized spacial score (nSPS) is 10.6. The van der Waals surface area contributed by atoms with Gasteiger partial charge in [-0.3, -0.25) is 4.79 Å². The fourth-order valence-corrected chi connectivity index (χ4v) is 3.76. The zero-order valence-corrected chi connectivity index (χ0v) is 12.8. The molecule has 0 fully saturated rings. The molecule has 2 aromatic heterocycles. The monoisotopic (exact) mass is 318 g/mol. The van der Waals surface area contributed by atoms with Gasteiger partial charge >= 0.3 is 0 Å². The van der Waals surface area contributed by atoms with Crippen molar-refractivity contribution in [3.05, 3.63) is 35.9 Å². The van der Waals surface area contributed by atoms with Crippen LogP contribution in [0.15, 0.2) is 12.1 Å². The van der Waals surface area contributed by atoms with E-state index < -0.39 is 0 Å². The minimum Gasteiger partial charge on any atom is -0.351 e. The highest BCUT2D eigenvalue weighted by molar-refractivity contribution is 7.73. The van der Waals surface area contributed by atoms with Crippen LogP contribution in [-0.4, -0.2) is 10.9 Å². The molecule has 0 aliphatic rings. The lowest BCUT2D eigenvalue weighted by Crippen LogP contribution is -2.24. The Morgan fingerprint density at radius 1 is 1.50 bits per heavy atom. The van der Waals surface area contributed by atoms with Crippen molar-refractivity contribution in [2.24, 2.45) is 0 Å². The molecule has 2 rings (SSSR count). The number of carbonyl (C=O) groups is 1. The second kappa shape index (κ2) is 5.97. The number of halogens is 1. The summed E-state index contributed by atoms with van der Waals surface area (Å²) in [6.45, 7) is 2.44. The number of nitrogens with one attached hydrogen (secondary N) is 2. The molecule has 2 aromatic rings. The number of aromatic amines is 1. The predicted octanol–water partition coefficient (Wildman–Crippen LogP) is 3.69. The number of carbonyl (C=O) groups excluding carboxylic acids is 1. The van der Waals surface area contributed by atoms with Crippen LogP contribution in [0.4, 0.5) is 0 Å². The first kappa shape index (κ1) is 13.7. The van der Waals surface area contributed by atoms with Gasteiger partial charge < -0.3 is 10.3 Å². The molecule has 0 saturated heterocycles. The van der Waals surface area contributed by atoms with Gasteiger partial charge in [-0.2, -0.15) is 0 Å². The van der Waals surface area contributed by atoms with Crippen LogP contribution in [0.25, 0.3) is 0 Å². The molecule has 0 radical (unpaired) electrons. The second-order valence-corrected chi connectivity index (χ2v) is 7.29. The van der Waals surface area contributed by atoms with Crippen molar-refractivity contribution in [2.75, 3.05) is 0 Å². The number of amides is 1. The maximum Gasteiger partial charge on any atom is 0.225 e. The Morgan fingerprint density at radius 2 is 2.28 bits per heavy atom. The van der Waals surface area contributed by atoms with Gasteiger partial charge in [0, 0.05) is 15.4 Å². The summed E-state index contributed by atoms with van der Waals surface area (Å²) in [6, 6.07) is 3.74. The molecule has 2 N–H and O–H groups in total. The molecule has 0 spiro atoms. The standard InChI is InChI=1S/C11H11ClN2OS3/c1-6-8(18-11(16)14-6)4-10(15)13-5-7-2-3-9(12)17-7/h2-3H,4-5H2,1H3,(H,13,15)(H,14,16). The van der Waals surface area contributed by atoms with Crippen molar-refractivity contribution >= 4 is 52.4 Å². The average Bonchev–Trinajstić information content (AvgIpc) is 2.83. The van der Waals surface area contributed by atoms with Crippen molar-refractivity contribution < 1.29 is 4.79 Å². The van der Waals surface area contributed by atoms with Gasteiger partial charge in [-0.15, -0.1) is 22.7 Å². The van der Waals surface area contributed by atoms with Crippen molar-refractivity contribution in [1.29, 1.82) is 0 Å². The average molecular weight is 319 g/mol. The van der Waals surface area contributed by atoms with E-state index in [9.17, 15) is 4.79 Å². The molecule has 0 aliphatic heterocycles. The first-order valence-electron chi connectivity index (χ1n) is 5.24. The summed E-state index contributed by atoms with van der Waals surface area (Å²) in [5, 5.41) is 2.87. The van der Waals surface area contributed by atoms with Gasteiger partial charge in [0.1, 0.15) is 0 Å². The fraction of sp³-hybridized carbons (Fsp3) is 0.273. The number of thiophene rings is 1. The number of hydrogen-bond donors (Lipinski definition) is 2. The van der Waals surface area contributed by atoms with E-state index in [4.69, 9.17) is 23.8 Å². The van der Waals surface area contributed by atoms with Gasteiger partial charge in [0.15, 0.2) is 3.95 Å². The molecule has 0 aromatic carbocycles. The van der Waals surface area contributed by atoms with Crippen molar-refractivity contribution in [2.45, 2.75) is 19.9 Å². The molecule has 0 bridgehead atoms. The highest BCUT2D eigenvalue weighted by Crippen LogP contribution is 2.21. The molecule has 3 nitrogen and oxygen atoms in total. The molecule has 18 heavy (non-hydrogen) atoms. The zero-order chi connectivity index (χ0) is 13.1. The van der Waals surface area contributed by atoms with E-state index in [1.807, 2.05) is 19.1 Å². The zero-order valence-electron chi connectivity index (χ0n) is 9.58. The Bertz CT molecular complexity index is 614. The summed E-state index contributed by atoms with van der Waals surface area (Å²) in [5.74, 6) is -0.00660. The molecular formula is C11H11ClN2OS3. The van der Waals surface area contributed by atoms with E-state index in [0.29, 0.717) is 16.9 Å². The molecule has 0 saturated carbocycles. The maximum atomic E-state index is 11.8. The maximum absolute atomic E-state index is 11.8. The number of rotatable bonds is 4. The molecule has 1 amide bonds. The first-order chi connectivity index (χ1) is 8.54. The number of aromatic nitrogens is 1. The van der Waals surface area contributed by atoms with Crippen molar-refractivity contribution in [3.8, 4) is 0 Å². The topological polar surface area (TPSA) is 44.9 Å². The summed E-state index contributed by atoms with van der Waals surface area (Å²) >= 11 is 13.8. The second-order valence-electron chi connectivity index (χ2n) is 3.72. The van der Waals surface area contributed by atoms with Gasteiger partial charge in [-0.05, 0) is 31.3 Å². The first-order valence-corrected chi connectivity index (χ1v) is 7.66. The Labute approximate surface area is 123 Å². The number of aryl methyl sites for hydroxylation is 1. The van der Waals surface area contributed by atoms with Gasteiger partial charge in [0.25, 0.3) is 0 Å². The number of thiazole rings is 1. The van der Waals surface area contributed by atoms with E-state index in [2.05, 4.69) is 10.3 Å². The van der Waals surface area contributed by atoms with Gasteiger partial charge in [0.05, 0.1) is 17.3 Å². The van der Waals surface area contributed by atoms with Gasteiger partial charge in [-0.1, -0.05) is 11.6 Å². The van der Waals surface area contributed by atoms with Crippen LogP contribution in [0.3, 0.4) is 0 Å². The van der Waals surface area contributed by atoms with Crippen LogP contribution >= 0.6 is 46.5 Å². The minimum atomic E-state index is -0.00660. The van der Waals surface area contributed by atoms with Gasteiger partial charge in [0.2, 0.25) is 5.91 Å². The van der Waals surface area contributed by atoms with E-state index in [1.165, 1.54) is 22.7 Å². The molecule has 96 valence electrons. The third-order valence-electron chi connectivity index (χ3n) is 2.33. The lowest BCUT2D eigenvalue weighted by Gasteiger charge is -2.02. The Hall–Kier alpha value is -0.690. The van der Waals surface area contributed by atoms with Crippen LogP contribution in [0.2, 0.25) is 4.34 Å². The quantitative estimate of drug-likeness (QED) is 0.844. The Kier molecular flexibility index (Phi) is 4.55. The SMILES string of the molecule is Cc1[nH]c(=S)sc1CC(=O)NCc1ccc(Cl)s1. The summed E-state index contributed by atoms with van der Waals surface area (Å²) in [4.78, 5) is 16.8. The third kappa shape index (κ3) is 3.65. The summed E-state index contributed by atoms with van der Waals surface area (Å²) < 4.78 is 1.44. The van der Waals surface area contributed by atoms with Crippen molar-refractivity contribution in [1.82, 2.24) is 10.3 Å². The van der Waals surface area contributed by atoms with Crippen LogP contribution in [0, 0.1) is 10.9 Å². The van der Waals surface area contributed by atoms with E-state index in [0.717, 1.165) is 19.8 Å². The highest BCUT2D eigenvalue weighted by Gasteiger charge is 2.08. The van der Waals surface area contributed by atoms with Crippen LogP contribution < -0.4 is 5.32 Å². The van der Waals surface area contributed by atoms with Crippen LogP contribution in [-0.2, 0) is 17.8 Å². The number of hydrogen-bond acceptors (Lipinski definition) is 4. The van der Waals surface area contributed by atoms with E-state index >= 15 is 0 Å². The van der Waals surface area contributed by atoms with E-state index in [1.54, 1.807) is 0 Å². The van der Waals surface area contributed by atoms with Crippen molar-refractivity contribution in [3.63, 3.8) is 0 Å². The molecule has 0 aliphatic carbocycles. The van der Waals surface area contributed by atoms with Crippen LogP contribution in [0.5, 0.6) is 0 Å². The fourth-order valence-electron chi connectivity index (χ4n) is 1.45. The largest absolute Gasteiger partial charge is 0.351 e. The number of H-pyrrole nitrogens is 1. The highest BCUT2D eigenvalue weighted by atomic mass is 35.5. The Morgan fingerprint density at radius 3 is 2.83 bits per heavy atom. The molecule has 2 heterocycles. The lowest BCUT2D eigenvalue weighted by molar-refractivity contribution is -0.120. The molecular weight excluding hydrogens is 308 g/mol. The minimum absolute atomic E-state index is 0.00660. The molecule has 7 heteroatoms. The van der Waals surface area contributed by atoms with Gasteiger partial charge in [-0.25, -0.2) is 0 Å². The summed E-state index contributed by atoms with van der Waals surface area (Å²) in [7, 11) is 0. The predicted molar refractivity (Wildman–Crippen MR) is 79.1 cm³/mol. The van der Waals surface area contributed by atoms with E-state index in [-0.39, 0.29) is 5.91 Å².